The van der Waals surface area contributed by atoms with E-state index in [4.69, 9.17) is 10.5 Å². The highest BCUT2D eigenvalue weighted by Crippen LogP contribution is 2.24. The smallest absolute Gasteiger partial charge is 0.119 e. The Labute approximate surface area is 92.4 Å². The average Bonchev–Trinajstić information content (AvgIpc) is 2.28. The number of methoxy groups -OCH3 is 1. The van der Waals surface area contributed by atoms with Gasteiger partial charge in [0.15, 0.2) is 0 Å². The van der Waals surface area contributed by atoms with E-state index < -0.39 is 0 Å². The topological polar surface area (TPSA) is 35.2 Å². The van der Waals surface area contributed by atoms with Gasteiger partial charge in [-0.05, 0) is 30.0 Å². The summed E-state index contributed by atoms with van der Waals surface area (Å²) < 4.78 is 5.20. The van der Waals surface area contributed by atoms with Gasteiger partial charge in [0.25, 0.3) is 0 Å². The summed E-state index contributed by atoms with van der Waals surface area (Å²) in [7, 11) is 1.69. The van der Waals surface area contributed by atoms with E-state index in [2.05, 4.69) is 26.0 Å². The number of hydrogen-bond acceptors (Lipinski definition) is 2. The molecular formula is C13H21NO. The van der Waals surface area contributed by atoms with Crippen LogP contribution in [0.4, 0.5) is 0 Å². The van der Waals surface area contributed by atoms with E-state index in [9.17, 15) is 0 Å². The van der Waals surface area contributed by atoms with Crippen LogP contribution < -0.4 is 10.5 Å². The van der Waals surface area contributed by atoms with Gasteiger partial charge in [-0.25, -0.2) is 0 Å². The summed E-state index contributed by atoms with van der Waals surface area (Å²) in [6, 6.07) is 8.40. The molecule has 0 fully saturated rings. The minimum Gasteiger partial charge on any atom is -0.497 e. The van der Waals surface area contributed by atoms with Crippen LogP contribution in [0.1, 0.15) is 38.2 Å². The highest BCUT2D eigenvalue weighted by molar-refractivity contribution is 5.31. The van der Waals surface area contributed by atoms with Crippen LogP contribution in [0.5, 0.6) is 5.75 Å². The first-order valence-corrected chi connectivity index (χ1v) is 5.58. The lowest BCUT2D eigenvalue weighted by Crippen LogP contribution is -2.26. The zero-order valence-corrected chi connectivity index (χ0v) is 9.86. The van der Waals surface area contributed by atoms with Crippen LogP contribution in [0.2, 0.25) is 0 Å². The van der Waals surface area contributed by atoms with Crippen molar-refractivity contribution in [2.75, 3.05) is 7.11 Å². The van der Waals surface area contributed by atoms with Gasteiger partial charge in [-0.2, -0.15) is 0 Å². The first-order valence-electron chi connectivity index (χ1n) is 5.58. The van der Waals surface area contributed by atoms with Crippen molar-refractivity contribution in [3.05, 3.63) is 29.8 Å². The van der Waals surface area contributed by atoms with E-state index in [0.29, 0.717) is 5.92 Å². The third-order valence-corrected chi connectivity index (χ3v) is 2.88. The van der Waals surface area contributed by atoms with Crippen LogP contribution in [0.25, 0.3) is 0 Å². The van der Waals surface area contributed by atoms with E-state index in [1.807, 2.05) is 12.1 Å². The molecule has 0 aliphatic rings. The van der Waals surface area contributed by atoms with Gasteiger partial charge in [-0.1, -0.05) is 32.4 Å². The Morgan fingerprint density at radius 1 is 1.40 bits per heavy atom. The second-order valence-corrected chi connectivity index (χ2v) is 4.02. The molecule has 84 valence electrons. The van der Waals surface area contributed by atoms with Gasteiger partial charge in [-0.15, -0.1) is 0 Å². The molecular weight excluding hydrogens is 186 g/mol. The monoisotopic (exact) mass is 207 g/mol. The van der Waals surface area contributed by atoms with E-state index >= 15 is 0 Å². The highest BCUT2D eigenvalue weighted by atomic mass is 16.5. The molecule has 1 aromatic carbocycles. The molecule has 0 bridgehead atoms. The zero-order valence-electron chi connectivity index (χ0n) is 9.86. The van der Waals surface area contributed by atoms with Crippen LogP contribution >= 0.6 is 0 Å². The molecule has 1 aromatic rings. The Balaban J connectivity index is 2.76. The fourth-order valence-electron chi connectivity index (χ4n) is 1.76. The number of nitrogens with two attached hydrogens (primary N) is 1. The molecule has 2 heteroatoms. The van der Waals surface area contributed by atoms with Gasteiger partial charge >= 0.3 is 0 Å². The largest absolute Gasteiger partial charge is 0.497 e. The van der Waals surface area contributed by atoms with Gasteiger partial charge in [0.1, 0.15) is 5.75 Å². The summed E-state index contributed by atoms with van der Waals surface area (Å²) in [6.45, 7) is 4.34. The van der Waals surface area contributed by atoms with Crippen LogP contribution in [0.3, 0.4) is 0 Å². The predicted octanol–water partition coefficient (Wildman–Crippen LogP) is 2.93. The molecule has 2 nitrogen and oxygen atoms in total. The molecule has 0 spiro atoms. The number of rotatable bonds is 5. The van der Waals surface area contributed by atoms with Crippen molar-refractivity contribution >= 4 is 0 Å². The molecule has 0 aromatic heterocycles. The lowest BCUT2D eigenvalue weighted by Gasteiger charge is -2.20. The molecule has 0 aliphatic heterocycles. The van der Waals surface area contributed by atoms with Crippen LogP contribution in [0, 0.1) is 0 Å². The van der Waals surface area contributed by atoms with Crippen molar-refractivity contribution in [1.29, 1.82) is 0 Å². The maximum absolute atomic E-state index is 6.11. The standard InChI is InChI=1S/C13H21NO/c1-4-6-13(14)10(2)11-7-5-8-12(9-11)15-3/h5,7-10,13H,4,6,14H2,1-3H3. The average molecular weight is 207 g/mol. The summed E-state index contributed by atoms with van der Waals surface area (Å²) in [5.74, 6) is 1.29. The number of benzene rings is 1. The summed E-state index contributed by atoms with van der Waals surface area (Å²) >= 11 is 0. The van der Waals surface area contributed by atoms with Gasteiger partial charge in [0.2, 0.25) is 0 Å². The summed E-state index contributed by atoms with van der Waals surface area (Å²) in [4.78, 5) is 0. The van der Waals surface area contributed by atoms with Crippen molar-refractivity contribution < 1.29 is 4.74 Å². The Kier molecular flexibility index (Phi) is 4.63. The summed E-state index contributed by atoms with van der Waals surface area (Å²) in [5.41, 5.74) is 7.37. The SMILES string of the molecule is CCCC(N)C(C)c1cccc(OC)c1. The van der Waals surface area contributed by atoms with Gasteiger partial charge < -0.3 is 10.5 Å². The molecule has 0 saturated heterocycles. The van der Waals surface area contributed by atoms with E-state index in [1.54, 1.807) is 7.11 Å². The van der Waals surface area contributed by atoms with Crippen LogP contribution in [-0.2, 0) is 0 Å². The first kappa shape index (κ1) is 12.1. The Morgan fingerprint density at radius 3 is 2.73 bits per heavy atom. The minimum absolute atomic E-state index is 0.238. The van der Waals surface area contributed by atoms with Gasteiger partial charge in [0, 0.05) is 6.04 Å². The van der Waals surface area contributed by atoms with Gasteiger partial charge in [0.05, 0.1) is 7.11 Å². The maximum Gasteiger partial charge on any atom is 0.119 e. The molecule has 2 atom stereocenters. The summed E-state index contributed by atoms with van der Waals surface area (Å²) in [6.07, 6.45) is 2.20. The second kappa shape index (κ2) is 5.76. The first-order chi connectivity index (χ1) is 7.19. The fourth-order valence-corrected chi connectivity index (χ4v) is 1.76. The van der Waals surface area contributed by atoms with Gasteiger partial charge in [-0.3, -0.25) is 0 Å². The lowest BCUT2D eigenvalue weighted by molar-refractivity contribution is 0.413. The molecule has 0 amide bonds. The van der Waals surface area contributed by atoms with Crippen molar-refractivity contribution in [3.8, 4) is 5.75 Å². The zero-order chi connectivity index (χ0) is 11.3. The van der Waals surface area contributed by atoms with E-state index in [0.717, 1.165) is 18.6 Å². The summed E-state index contributed by atoms with van der Waals surface area (Å²) in [5, 5.41) is 0. The Hall–Kier alpha value is -1.02. The fraction of sp³-hybridized carbons (Fsp3) is 0.538. The van der Waals surface area contributed by atoms with Crippen molar-refractivity contribution in [3.63, 3.8) is 0 Å². The van der Waals surface area contributed by atoms with E-state index in [1.165, 1.54) is 5.56 Å². The normalized spacial score (nSPS) is 14.7. The molecule has 0 aliphatic carbocycles. The number of ether oxygens (including phenoxy) is 1. The molecule has 0 heterocycles. The van der Waals surface area contributed by atoms with Crippen molar-refractivity contribution in [2.24, 2.45) is 5.73 Å². The maximum atomic E-state index is 6.11. The third-order valence-electron chi connectivity index (χ3n) is 2.88. The quantitative estimate of drug-likeness (QED) is 0.805. The Bertz CT molecular complexity index is 298. The molecule has 0 radical (unpaired) electrons. The van der Waals surface area contributed by atoms with Crippen LogP contribution in [0.15, 0.2) is 24.3 Å². The molecule has 2 unspecified atom stereocenters. The lowest BCUT2D eigenvalue weighted by atomic mass is 9.91. The highest BCUT2D eigenvalue weighted by Gasteiger charge is 2.14. The van der Waals surface area contributed by atoms with Crippen molar-refractivity contribution in [2.45, 2.75) is 38.6 Å². The second-order valence-electron chi connectivity index (χ2n) is 4.02. The third kappa shape index (κ3) is 3.24. The van der Waals surface area contributed by atoms with E-state index in [-0.39, 0.29) is 6.04 Å². The van der Waals surface area contributed by atoms with Crippen molar-refractivity contribution in [1.82, 2.24) is 0 Å². The Morgan fingerprint density at radius 2 is 2.13 bits per heavy atom. The molecule has 2 N–H and O–H groups in total. The number of hydrogen-bond donors (Lipinski definition) is 1. The van der Waals surface area contributed by atoms with Crippen LogP contribution in [-0.4, -0.2) is 13.2 Å². The molecule has 1 rings (SSSR count). The minimum atomic E-state index is 0.238. The predicted molar refractivity (Wildman–Crippen MR) is 64.3 cm³/mol. The molecule has 0 saturated carbocycles. The molecule has 15 heavy (non-hydrogen) atoms.